The Bertz CT molecular complexity index is 360. The standard InChI is InChI=1S/C12H19N3O2/c1-9-7-10(2)15-11(8-9)12(16)14-4-6-17-5-3-13/h7-8H,3-6,13H2,1-2H3,(H,14,16). The summed E-state index contributed by atoms with van der Waals surface area (Å²) < 4.78 is 5.16. The maximum atomic E-state index is 11.7. The number of amides is 1. The monoisotopic (exact) mass is 237 g/mol. The van der Waals surface area contributed by atoms with Gasteiger partial charge in [-0.2, -0.15) is 0 Å². The first-order valence-corrected chi connectivity index (χ1v) is 5.65. The fourth-order valence-corrected chi connectivity index (χ4v) is 1.47. The molecule has 0 atom stereocenters. The van der Waals surface area contributed by atoms with Crippen molar-refractivity contribution < 1.29 is 9.53 Å². The molecule has 0 unspecified atom stereocenters. The van der Waals surface area contributed by atoms with Crippen molar-refractivity contribution in [2.45, 2.75) is 13.8 Å². The van der Waals surface area contributed by atoms with Crippen LogP contribution in [0.15, 0.2) is 12.1 Å². The highest BCUT2D eigenvalue weighted by molar-refractivity contribution is 5.92. The van der Waals surface area contributed by atoms with Crippen LogP contribution in [0, 0.1) is 13.8 Å². The Morgan fingerprint density at radius 3 is 2.82 bits per heavy atom. The van der Waals surface area contributed by atoms with Crippen molar-refractivity contribution >= 4 is 5.91 Å². The molecule has 0 saturated heterocycles. The van der Waals surface area contributed by atoms with E-state index in [-0.39, 0.29) is 5.91 Å². The van der Waals surface area contributed by atoms with Crippen LogP contribution >= 0.6 is 0 Å². The van der Waals surface area contributed by atoms with Crippen LogP contribution in [0.25, 0.3) is 0 Å². The van der Waals surface area contributed by atoms with E-state index >= 15 is 0 Å². The third-order valence-electron chi connectivity index (χ3n) is 2.12. The van der Waals surface area contributed by atoms with E-state index in [1.807, 2.05) is 19.9 Å². The molecule has 0 fully saturated rings. The van der Waals surface area contributed by atoms with Gasteiger partial charge in [0.2, 0.25) is 0 Å². The first-order valence-electron chi connectivity index (χ1n) is 5.65. The van der Waals surface area contributed by atoms with Gasteiger partial charge < -0.3 is 15.8 Å². The van der Waals surface area contributed by atoms with Gasteiger partial charge in [0.05, 0.1) is 13.2 Å². The fraction of sp³-hybridized carbons (Fsp3) is 0.500. The Kier molecular flexibility index (Phi) is 5.59. The molecule has 0 bridgehead atoms. The second kappa shape index (κ2) is 6.98. The van der Waals surface area contributed by atoms with E-state index in [9.17, 15) is 4.79 Å². The largest absolute Gasteiger partial charge is 0.378 e. The first kappa shape index (κ1) is 13.6. The zero-order chi connectivity index (χ0) is 12.7. The van der Waals surface area contributed by atoms with Crippen molar-refractivity contribution in [2.24, 2.45) is 5.73 Å². The number of aromatic nitrogens is 1. The van der Waals surface area contributed by atoms with Crippen LogP contribution in [0.2, 0.25) is 0 Å². The lowest BCUT2D eigenvalue weighted by Gasteiger charge is -2.06. The number of carbonyl (C=O) groups excluding carboxylic acids is 1. The van der Waals surface area contributed by atoms with Crippen LogP contribution < -0.4 is 11.1 Å². The second-order valence-corrected chi connectivity index (χ2v) is 3.83. The van der Waals surface area contributed by atoms with Gasteiger partial charge in [0.1, 0.15) is 5.69 Å². The normalized spacial score (nSPS) is 10.3. The predicted octanol–water partition coefficient (Wildman–Crippen LogP) is 0.404. The summed E-state index contributed by atoms with van der Waals surface area (Å²) in [6.07, 6.45) is 0. The SMILES string of the molecule is Cc1cc(C)nc(C(=O)NCCOCCN)c1. The van der Waals surface area contributed by atoms with Crippen LogP contribution in [-0.2, 0) is 4.74 Å². The maximum Gasteiger partial charge on any atom is 0.269 e. The molecule has 1 heterocycles. The molecule has 0 aliphatic heterocycles. The average molecular weight is 237 g/mol. The smallest absolute Gasteiger partial charge is 0.269 e. The number of ether oxygens (including phenoxy) is 1. The molecular formula is C12H19N3O2. The van der Waals surface area contributed by atoms with Crippen LogP contribution in [0.5, 0.6) is 0 Å². The van der Waals surface area contributed by atoms with E-state index in [0.29, 0.717) is 32.0 Å². The maximum absolute atomic E-state index is 11.7. The fourth-order valence-electron chi connectivity index (χ4n) is 1.47. The molecule has 0 aromatic carbocycles. The second-order valence-electron chi connectivity index (χ2n) is 3.83. The Morgan fingerprint density at radius 1 is 1.41 bits per heavy atom. The molecule has 0 spiro atoms. The van der Waals surface area contributed by atoms with Crippen molar-refractivity contribution in [1.29, 1.82) is 0 Å². The molecule has 94 valence electrons. The third kappa shape index (κ3) is 4.93. The number of aryl methyl sites for hydroxylation is 2. The Hall–Kier alpha value is -1.46. The molecule has 1 aromatic rings. The van der Waals surface area contributed by atoms with Crippen LogP contribution in [0.4, 0.5) is 0 Å². The summed E-state index contributed by atoms with van der Waals surface area (Å²) in [6, 6.07) is 3.70. The minimum atomic E-state index is -0.173. The van der Waals surface area contributed by atoms with Gasteiger partial charge in [0.15, 0.2) is 0 Å². The lowest BCUT2D eigenvalue weighted by molar-refractivity contribution is 0.0915. The lowest BCUT2D eigenvalue weighted by Crippen LogP contribution is -2.28. The van der Waals surface area contributed by atoms with Gasteiger partial charge in [0, 0.05) is 18.8 Å². The minimum absolute atomic E-state index is 0.173. The molecule has 1 aromatic heterocycles. The van der Waals surface area contributed by atoms with Crippen molar-refractivity contribution in [3.63, 3.8) is 0 Å². The highest BCUT2D eigenvalue weighted by Gasteiger charge is 2.07. The first-order chi connectivity index (χ1) is 8.13. The lowest BCUT2D eigenvalue weighted by atomic mass is 10.2. The summed E-state index contributed by atoms with van der Waals surface area (Å²) in [7, 11) is 0. The van der Waals surface area contributed by atoms with E-state index in [4.69, 9.17) is 10.5 Å². The number of nitrogens with one attached hydrogen (secondary N) is 1. The van der Waals surface area contributed by atoms with Crippen molar-refractivity contribution in [2.75, 3.05) is 26.3 Å². The molecule has 3 N–H and O–H groups in total. The van der Waals surface area contributed by atoms with E-state index in [0.717, 1.165) is 11.3 Å². The Morgan fingerprint density at radius 2 is 2.18 bits per heavy atom. The third-order valence-corrected chi connectivity index (χ3v) is 2.12. The topological polar surface area (TPSA) is 77.2 Å². The number of nitrogens with zero attached hydrogens (tertiary/aromatic N) is 1. The highest BCUT2D eigenvalue weighted by Crippen LogP contribution is 2.03. The van der Waals surface area contributed by atoms with Crippen LogP contribution in [0.3, 0.4) is 0 Å². The number of nitrogens with two attached hydrogens (primary N) is 1. The summed E-state index contributed by atoms with van der Waals surface area (Å²) >= 11 is 0. The molecule has 5 heteroatoms. The quantitative estimate of drug-likeness (QED) is 0.702. The van der Waals surface area contributed by atoms with Crippen molar-refractivity contribution in [3.8, 4) is 0 Å². The van der Waals surface area contributed by atoms with E-state index in [2.05, 4.69) is 10.3 Å². The molecule has 1 amide bonds. The van der Waals surface area contributed by atoms with Crippen LogP contribution in [0.1, 0.15) is 21.7 Å². The van der Waals surface area contributed by atoms with E-state index in [1.165, 1.54) is 0 Å². The minimum Gasteiger partial charge on any atom is -0.378 e. The average Bonchev–Trinajstić information content (AvgIpc) is 2.27. The number of rotatable bonds is 6. The van der Waals surface area contributed by atoms with Crippen molar-refractivity contribution in [1.82, 2.24) is 10.3 Å². The Labute approximate surface area is 101 Å². The molecule has 17 heavy (non-hydrogen) atoms. The zero-order valence-corrected chi connectivity index (χ0v) is 10.3. The molecule has 0 aliphatic rings. The van der Waals surface area contributed by atoms with Gasteiger partial charge in [-0.25, -0.2) is 4.98 Å². The molecule has 0 radical (unpaired) electrons. The summed E-state index contributed by atoms with van der Waals surface area (Å²) in [6.45, 7) is 5.75. The predicted molar refractivity (Wildman–Crippen MR) is 65.9 cm³/mol. The van der Waals surface area contributed by atoms with Gasteiger partial charge in [-0.3, -0.25) is 4.79 Å². The van der Waals surface area contributed by atoms with Gasteiger partial charge in [-0.15, -0.1) is 0 Å². The van der Waals surface area contributed by atoms with Crippen LogP contribution in [-0.4, -0.2) is 37.2 Å². The molecule has 5 nitrogen and oxygen atoms in total. The van der Waals surface area contributed by atoms with Crippen molar-refractivity contribution in [3.05, 3.63) is 29.1 Å². The molecule has 1 rings (SSSR count). The summed E-state index contributed by atoms with van der Waals surface area (Å²) in [5.74, 6) is -0.173. The number of hydrogen-bond donors (Lipinski definition) is 2. The molecule has 0 aliphatic carbocycles. The summed E-state index contributed by atoms with van der Waals surface area (Å²) in [4.78, 5) is 15.9. The number of hydrogen-bond acceptors (Lipinski definition) is 4. The van der Waals surface area contributed by atoms with Gasteiger partial charge in [-0.1, -0.05) is 0 Å². The number of pyridine rings is 1. The van der Waals surface area contributed by atoms with E-state index in [1.54, 1.807) is 6.07 Å². The summed E-state index contributed by atoms with van der Waals surface area (Å²) in [5.41, 5.74) is 7.59. The molecular weight excluding hydrogens is 218 g/mol. The zero-order valence-electron chi connectivity index (χ0n) is 10.3. The highest BCUT2D eigenvalue weighted by atomic mass is 16.5. The van der Waals surface area contributed by atoms with Gasteiger partial charge in [0.25, 0.3) is 5.91 Å². The van der Waals surface area contributed by atoms with Gasteiger partial charge >= 0.3 is 0 Å². The summed E-state index contributed by atoms with van der Waals surface area (Å²) in [5, 5.41) is 2.75. The van der Waals surface area contributed by atoms with Gasteiger partial charge in [-0.05, 0) is 31.5 Å². The molecule has 0 saturated carbocycles. The Balaban J connectivity index is 2.41. The number of carbonyl (C=O) groups is 1. The van der Waals surface area contributed by atoms with E-state index < -0.39 is 0 Å².